The van der Waals surface area contributed by atoms with Crippen molar-refractivity contribution in [3.8, 4) is 0 Å². The maximum Gasteiger partial charge on any atom is 0.343 e. The highest BCUT2D eigenvalue weighted by molar-refractivity contribution is 7.11. The fourth-order valence-electron chi connectivity index (χ4n) is 1.97. The van der Waals surface area contributed by atoms with Gasteiger partial charge in [0.25, 0.3) is 5.69 Å². The standard InChI is InChI=1S/C15H8ClNO4S/c16-11-4-3-9(7-12(11)17(19)20)6-10-8-13(21-15(10)18)14-2-1-5-22-14/h1-8H/b10-6+. The number of hydrogen-bond donors (Lipinski definition) is 0. The molecule has 1 aliphatic rings. The number of nitrogens with zero attached hydrogens (tertiary/aromatic N) is 1. The summed E-state index contributed by atoms with van der Waals surface area (Å²) in [6, 6.07) is 8.06. The van der Waals surface area contributed by atoms with Crippen molar-refractivity contribution in [2.45, 2.75) is 0 Å². The summed E-state index contributed by atoms with van der Waals surface area (Å²) < 4.78 is 5.20. The molecule has 2 aromatic rings. The van der Waals surface area contributed by atoms with Gasteiger partial charge in [-0.3, -0.25) is 10.1 Å². The first kappa shape index (κ1) is 14.5. The van der Waals surface area contributed by atoms with E-state index in [1.807, 2.05) is 17.5 Å². The topological polar surface area (TPSA) is 69.4 Å². The van der Waals surface area contributed by atoms with E-state index in [1.54, 1.807) is 12.1 Å². The lowest BCUT2D eigenvalue weighted by Gasteiger charge is -1.98. The molecule has 2 heterocycles. The number of rotatable bonds is 3. The predicted molar refractivity (Wildman–Crippen MR) is 84.5 cm³/mol. The molecule has 110 valence electrons. The monoisotopic (exact) mass is 333 g/mol. The van der Waals surface area contributed by atoms with Gasteiger partial charge in [0.2, 0.25) is 0 Å². The minimum absolute atomic E-state index is 0.0518. The van der Waals surface area contributed by atoms with Crippen LogP contribution in [0.3, 0.4) is 0 Å². The van der Waals surface area contributed by atoms with Crippen LogP contribution in [0, 0.1) is 10.1 Å². The Morgan fingerprint density at radius 3 is 2.82 bits per heavy atom. The van der Waals surface area contributed by atoms with Crippen molar-refractivity contribution >= 4 is 46.4 Å². The van der Waals surface area contributed by atoms with Crippen LogP contribution in [0.15, 0.2) is 47.4 Å². The van der Waals surface area contributed by atoms with E-state index in [-0.39, 0.29) is 10.7 Å². The molecule has 0 aliphatic carbocycles. The summed E-state index contributed by atoms with van der Waals surface area (Å²) in [4.78, 5) is 23.0. The molecule has 0 radical (unpaired) electrons. The molecule has 0 bridgehead atoms. The Bertz CT molecular complexity index is 824. The molecule has 7 heteroatoms. The van der Waals surface area contributed by atoms with Gasteiger partial charge < -0.3 is 4.74 Å². The van der Waals surface area contributed by atoms with Gasteiger partial charge in [0.05, 0.1) is 15.4 Å². The number of thiophene rings is 1. The highest BCUT2D eigenvalue weighted by atomic mass is 35.5. The fraction of sp³-hybridized carbons (Fsp3) is 0. The van der Waals surface area contributed by atoms with Gasteiger partial charge in [-0.1, -0.05) is 23.7 Å². The molecule has 0 N–H and O–H groups in total. The van der Waals surface area contributed by atoms with Gasteiger partial charge in [-0.2, -0.15) is 0 Å². The van der Waals surface area contributed by atoms with Gasteiger partial charge >= 0.3 is 5.97 Å². The molecule has 1 aliphatic heterocycles. The molecule has 3 rings (SSSR count). The largest absolute Gasteiger partial charge is 0.421 e. The molecule has 0 amide bonds. The van der Waals surface area contributed by atoms with Crippen LogP contribution in [-0.4, -0.2) is 10.9 Å². The number of nitro groups is 1. The summed E-state index contributed by atoms with van der Waals surface area (Å²) in [6.07, 6.45) is 3.15. The Morgan fingerprint density at radius 1 is 1.32 bits per heavy atom. The first-order chi connectivity index (χ1) is 10.5. The third-order valence-electron chi connectivity index (χ3n) is 2.98. The molecule has 1 aromatic carbocycles. The minimum Gasteiger partial charge on any atom is -0.421 e. The third-order valence-corrected chi connectivity index (χ3v) is 4.18. The highest BCUT2D eigenvalue weighted by Gasteiger charge is 2.23. The summed E-state index contributed by atoms with van der Waals surface area (Å²) in [5.74, 6) is -0.00397. The Morgan fingerprint density at radius 2 is 2.14 bits per heavy atom. The van der Waals surface area contributed by atoms with Crippen LogP contribution >= 0.6 is 22.9 Å². The summed E-state index contributed by atoms with van der Waals surface area (Å²) in [5.41, 5.74) is 0.636. The lowest BCUT2D eigenvalue weighted by Crippen LogP contribution is -1.97. The lowest BCUT2D eigenvalue weighted by molar-refractivity contribution is -0.384. The number of halogens is 1. The summed E-state index contributed by atoms with van der Waals surface area (Å²) in [6.45, 7) is 0. The minimum atomic E-state index is -0.565. The number of cyclic esters (lactones) is 1. The van der Waals surface area contributed by atoms with E-state index in [1.165, 1.54) is 29.5 Å². The van der Waals surface area contributed by atoms with E-state index in [0.717, 1.165) is 4.88 Å². The zero-order valence-corrected chi connectivity index (χ0v) is 12.6. The average Bonchev–Trinajstić information content (AvgIpc) is 3.11. The van der Waals surface area contributed by atoms with Crippen molar-refractivity contribution in [1.82, 2.24) is 0 Å². The summed E-state index contributed by atoms with van der Waals surface area (Å²) in [5, 5.41) is 12.8. The van der Waals surface area contributed by atoms with E-state index in [9.17, 15) is 14.9 Å². The van der Waals surface area contributed by atoms with Crippen LogP contribution in [-0.2, 0) is 9.53 Å². The molecular weight excluding hydrogens is 326 g/mol. The summed E-state index contributed by atoms with van der Waals surface area (Å²) in [7, 11) is 0. The molecule has 0 atom stereocenters. The van der Waals surface area contributed by atoms with E-state index < -0.39 is 10.9 Å². The molecule has 22 heavy (non-hydrogen) atoms. The number of benzene rings is 1. The number of carbonyl (C=O) groups is 1. The number of ether oxygens (including phenoxy) is 1. The smallest absolute Gasteiger partial charge is 0.343 e. The van der Waals surface area contributed by atoms with Crippen molar-refractivity contribution in [3.05, 3.63) is 72.9 Å². The Labute approximate surface area is 134 Å². The van der Waals surface area contributed by atoms with Crippen LogP contribution in [0.1, 0.15) is 10.4 Å². The Kier molecular flexibility index (Phi) is 3.79. The lowest BCUT2D eigenvalue weighted by atomic mass is 10.1. The van der Waals surface area contributed by atoms with Gasteiger partial charge in [0.15, 0.2) is 0 Å². The molecule has 0 unspecified atom stereocenters. The van der Waals surface area contributed by atoms with Crippen LogP contribution in [0.25, 0.3) is 11.8 Å². The molecule has 0 saturated carbocycles. The van der Waals surface area contributed by atoms with Crippen LogP contribution in [0.2, 0.25) is 5.02 Å². The highest BCUT2D eigenvalue weighted by Crippen LogP contribution is 2.31. The van der Waals surface area contributed by atoms with Gasteiger partial charge in [-0.05, 0) is 35.2 Å². The van der Waals surface area contributed by atoms with Gasteiger partial charge in [0.1, 0.15) is 10.8 Å². The molecule has 0 spiro atoms. The van der Waals surface area contributed by atoms with Crippen LogP contribution in [0.5, 0.6) is 0 Å². The zero-order chi connectivity index (χ0) is 15.7. The predicted octanol–water partition coefficient (Wildman–Crippen LogP) is 4.29. The maximum absolute atomic E-state index is 11.9. The molecule has 5 nitrogen and oxygen atoms in total. The van der Waals surface area contributed by atoms with Crippen LogP contribution in [0.4, 0.5) is 5.69 Å². The Hall–Kier alpha value is -2.44. The quantitative estimate of drug-likeness (QED) is 0.363. The third kappa shape index (κ3) is 2.79. The van der Waals surface area contributed by atoms with E-state index >= 15 is 0 Å². The maximum atomic E-state index is 11.9. The number of nitro benzene ring substituents is 1. The van der Waals surface area contributed by atoms with Crippen molar-refractivity contribution < 1.29 is 14.5 Å². The fourth-order valence-corrected chi connectivity index (χ4v) is 2.83. The number of esters is 1. The van der Waals surface area contributed by atoms with Gasteiger partial charge in [-0.15, -0.1) is 11.3 Å². The van der Waals surface area contributed by atoms with Crippen molar-refractivity contribution in [1.29, 1.82) is 0 Å². The van der Waals surface area contributed by atoms with Gasteiger partial charge in [-0.25, -0.2) is 4.79 Å². The molecule has 1 aromatic heterocycles. The average molecular weight is 334 g/mol. The summed E-state index contributed by atoms with van der Waals surface area (Å²) >= 11 is 7.22. The van der Waals surface area contributed by atoms with Gasteiger partial charge in [0, 0.05) is 6.07 Å². The second-order valence-corrected chi connectivity index (χ2v) is 5.80. The molecule has 0 fully saturated rings. The Balaban J connectivity index is 1.97. The van der Waals surface area contributed by atoms with E-state index in [2.05, 4.69) is 0 Å². The zero-order valence-electron chi connectivity index (χ0n) is 11.0. The molecular formula is C15H8ClNO4S. The van der Waals surface area contributed by atoms with Crippen LogP contribution < -0.4 is 0 Å². The van der Waals surface area contributed by atoms with Crippen molar-refractivity contribution in [3.63, 3.8) is 0 Å². The number of hydrogen-bond acceptors (Lipinski definition) is 5. The first-order valence-electron chi connectivity index (χ1n) is 6.18. The second kappa shape index (κ2) is 5.75. The van der Waals surface area contributed by atoms with Crippen molar-refractivity contribution in [2.24, 2.45) is 0 Å². The SMILES string of the molecule is O=C1OC(c2cccs2)=C/C1=C\c1ccc(Cl)c([N+](=O)[O-])c1. The normalized spacial score (nSPS) is 15.8. The van der Waals surface area contributed by atoms with E-state index in [4.69, 9.17) is 16.3 Å². The first-order valence-corrected chi connectivity index (χ1v) is 7.44. The van der Waals surface area contributed by atoms with Crippen molar-refractivity contribution in [2.75, 3.05) is 0 Å². The number of carbonyl (C=O) groups excluding carboxylic acids is 1. The second-order valence-electron chi connectivity index (χ2n) is 4.44. The van der Waals surface area contributed by atoms with E-state index in [0.29, 0.717) is 16.9 Å². The molecule has 0 saturated heterocycles.